The number of rotatable bonds is 6. The molecule has 0 spiro atoms. The maximum absolute atomic E-state index is 11.4. The van der Waals surface area contributed by atoms with Gasteiger partial charge in [0.15, 0.2) is 0 Å². The van der Waals surface area contributed by atoms with Crippen molar-refractivity contribution in [2.24, 2.45) is 0 Å². The summed E-state index contributed by atoms with van der Waals surface area (Å²) in [6.45, 7) is 1.91. The van der Waals surface area contributed by atoms with Crippen LogP contribution in [0, 0.1) is 0 Å². The molecule has 2 aromatic heterocycles. The smallest absolute Gasteiger partial charge is 0.333 e. The highest BCUT2D eigenvalue weighted by atomic mass is 32.2. The van der Waals surface area contributed by atoms with Crippen molar-refractivity contribution in [2.75, 3.05) is 12.9 Å². The Balaban J connectivity index is 1.95. The third-order valence-electron chi connectivity index (χ3n) is 2.50. The maximum Gasteiger partial charge on any atom is 0.333 e. The van der Waals surface area contributed by atoms with Gasteiger partial charge in [-0.15, -0.1) is 21.5 Å². The Labute approximate surface area is 125 Å². The van der Waals surface area contributed by atoms with Crippen LogP contribution < -0.4 is 0 Å². The lowest BCUT2D eigenvalue weighted by atomic mass is 10.2. The summed E-state index contributed by atoms with van der Waals surface area (Å²) < 4.78 is 10.2. The third kappa shape index (κ3) is 3.71. The standard InChI is InChI=1S/C13H14N2O3S2/c1-3-9(12(16)17-2)6-8-20-13-15-14-11(18-13)10-5-4-7-19-10/h4-7H,3,8H2,1-2H3. The Morgan fingerprint density at radius 1 is 1.55 bits per heavy atom. The number of thiophene rings is 1. The predicted molar refractivity (Wildman–Crippen MR) is 78.7 cm³/mol. The second-order valence-electron chi connectivity index (χ2n) is 3.74. The van der Waals surface area contributed by atoms with Crippen LogP contribution in [0.15, 0.2) is 38.8 Å². The van der Waals surface area contributed by atoms with Crippen LogP contribution in [0.2, 0.25) is 0 Å². The van der Waals surface area contributed by atoms with E-state index < -0.39 is 0 Å². The SMILES string of the molecule is CCC(=CCSc1nnc(-c2cccs2)o1)C(=O)OC. The lowest BCUT2D eigenvalue weighted by Crippen LogP contribution is -2.04. The molecule has 0 radical (unpaired) electrons. The summed E-state index contributed by atoms with van der Waals surface area (Å²) in [5.74, 6) is 0.817. The summed E-state index contributed by atoms with van der Waals surface area (Å²) in [5.41, 5.74) is 0.651. The molecule has 0 amide bonds. The largest absolute Gasteiger partial charge is 0.466 e. The van der Waals surface area contributed by atoms with Crippen LogP contribution in [-0.4, -0.2) is 29.0 Å². The van der Waals surface area contributed by atoms with E-state index in [9.17, 15) is 4.79 Å². The van der Waals surface area contributed by atoms with E-state index in [0.29, 0.717) is 28.9 Å². The summed E-state index contributed by atoms with van der Waals surface area (Å²) in [4.78, 5) is 12.3. The van der Waals surface area contributed by atoms with Crippen LogP contribution >= 0.6 is 23.1 Å². The molecular formula is C13H14N2O3S2. The summed E-state index contributed by atoms with van der Waals surface area (Å²) >= 11 is 2.94. The van der Waals surface area contributed by atoms with Gasteiger partial charge in [-0.2, -0.15) is 0 Å². The summed E-state index contributed by atoms with van der Waals surface area (Å²) in [6.07, 6.45) is 2.46. The average Bonchev–Trinajstić information content (AvgIpc) is 3.13. The molecule has 2 heterocycles. The van der Waals surface area contributed by atoms with E-state index in [0.717, 1.165) is 4.88 Å². The van der Waals surface area contributed by atoms with Gasteiger partial charge >= 0.3 is 5.97 Å². The van der Waals surface area contributed by atoms with Gasteiger partial charge in [0, 0.05) is 11.3 Å². The highest BCUT2D eigenvalue weighted by molar-refractivity contribution is 7.99. The van der Waals surface area contributed by atoms with Crippen molar-refractivity contribution in [1.82, 2.24) is 10.2 Å². The number of hydrogen-bond acceptors (Lipinski definition) is 7. The average molecular weight is 310 g/mol. The minimum atomic E-state index is -0.294. The molecule has 0 atom stereocenters. The van der Waals surface area contributed by atoms with E-state index >= 15 is 0 Å². The van der Waals surface area contributed by atoms with Crippen LogP contribution in [0.4, 0.5) is 0 Å². The fourth-order valence-corrected chi connectivity index (χ4v) is 2.79. The first-order chi connectivity index (χ1) is 9.74. The molecule has 2 rings (SSSR count). The van der Waals surface area contributed by atoms with Gasteiger partial charge < -0.3 is 9.15 Å². The van der Waals surface area contributed by atoms with E-state index in [2.05, 4.69) is 10.2 Å². The highest BCUT2D eigenvalue weighted by Crippen LogP contribution is 2.26. The number of carbonyl (C=O) groups is 1. The van der Waals surface area contributed by atoms with E-state index in [1.54, 1.807) is 11.3 Å². The number of hydrogen-bond donors (Lipinski definition) is 0. The van der Waals surface area contributed by atoms with Gasteiger partial charge in [-0.3, -0.25) is 0 Å². The fourth-order valence-electron chi connectivity index (χ4n) is 1.48. The zero-order chi connectivity index (χ0) is 14.4. The Hall–Kier alpha value is -1.60. The second-order valence-corrected chi connectivity index (χ2v) is 5.65. The number of thioether (sulfide) groups is 1. The van der Waals surface area contributed by atoms with Gasteiger partial charge in [-0.25, -0.2) is 4.79 Å². The molecule has 0 bridgehead atoms. The first-order valence-electron chi connectivity index (χ1n) is 6.02. The summed E-state index contributed by atoms with van der Waals surface area (Å²) in [7, 11) is 1.38. The molecule has 2 aromatic rings. The van der Waals surface area contributed by atoms with Crippen LogP contribution in [0.25, 0.3) is 10.8 Å². The molecule has 5 nitrogen and oxygen atoms in total. The Kier molecular flexibility index (Phi) is 5.37. The number of methoxy groups -OCH3 is 1. The molecule has 0 fully saturated rings. The molecule has 0 aliphatic rings. The van der Waals surface area contributed by atoms with Gasteiger partial charge in [0.1, 0.15) is 0 Å². The zero-order valence-corrected chi connectivity index (χ0v) is 12.8. The third-order valence-corrected chi connectivity index (χ3v) is 4.11. The van der Waals surface area contributed by atoms with E-state index in [1.165, 1.54) is 18.9 Å². The highest BCUT2D eigenvalue weighted by Gasteiger charge is 2.10. The molecule has 7 heteroatoms. The van der Waals surface area contributed by atoms with Crippen molar-refractivity contribution < 1.29 is 13.9 Å². The van der Waals surface area contributed by atoms with Crippen molar-refractivity contribution >= 4 is 29.1 Å². The Morgan fingerprint density at radius 3 is 3.05 bits per heavy atom. The monoisotopic (exact) mass is 310 g/mol. The Bertz CT molecular complexity index is 591. The van der Waals surface area contributed by atoms with Crippen LogP contribution in [0.3, 0.4) is 0 Å². The van der Waals surface area contributed by atoms with Gasteiger partial charge in [0.05, 0.1) is 12.0 Å². The number of aromatic nitrogens is 2. The van der Waals surface area contributed by atoms with E-state index in [4.69, 9.17) is 9.15 Å². The van der Waals surface area contributed by atoms with Crippen molar-refractivity contribution in [3.63, 3.8) is 0 Å². The van der Waals surface area contributed by atoms with Gasteiger partial charge in [0.25, 0.3) is 11.1 Å². The molecule has 0 saturated carbocycles. The van der Waals surface area contributed by atoms with Crippen molar-refractivity contribution in [3.8, 4) is 10.8 Å². The topological polar surface area (TPSA) is 65.2 Å². The summed E-state index contributed by atoms with van der Waals surface area (Å²) in [5, 5.41) is 10.4. The van der Waals surface area contributed by atoms with Gasteiger partial charge in [-0.05, 0) is 17.9 Å². The Morgan fingerprint density at radius 2 is 2.40 bits per heavy atom. The second kappa shape index (κ2) is 7.25. The molecule has 0 aliphatic heterocycles. The van der Waals surface area contributed by atoms with Crippen LogP contribution in [0.1, 0.15) is 13.3 Å². The number of esters is 1. The molecule has 0 aliphatic carbocycles. The minimum absolute atomic E-state index is 0.294. The van der Waals surface area contributed by atoms with Gasteiger partial charge in [-0.1, -0.05) is 30.8 Å². The minimum Gasteiger partial charge on any atom is -0.466 e. The first-order valence-corrected chi connectivity index (χ1v) is 7.88. The fraction of sp³-hybridized carbons (Fsp3) is 0.308. The first kappa shape index (κ1) is 14.8. The van der Waals surface area contributed by atoms with Crippen molar-refractivity contribution in [3.05, 3.63) is 29.2 Å². The number of nitrogens with zero attached hydrogens (tertiary/aromatic N) is 2. The van der Waals surface area contributed by atoms with Crippen LogP contribution in [0.5, 0.6) is 0 Å². The van der Waals surface area contributed by atoms with Crippen molar-refractivity contribution in [1.29, 1.82) is 0 Å². The number of ether oxygens (including phenoxy) is 1. The van der Waals surface area contributed by atoms with E-state index in [1.807, 2.05) is 30.5 Å². The molecule has 20 heavy (non-hydrogen) atoms. The molecule has 0 aromatic carbocycles. The van der Waals surface area contributed by atoms with Crippen LogP contribution in [-0.2, 0) is 9.53 Å². The molecule has 0 unspecified atom stereocenters. The summed E-state index contributed by atoms with van der Waals surface area (Å²) in [6, 6.07) is 3.86. The molecule has 0 N–H and O–H groups in total. The quantitative estimate of drug-likeness (QED) is 0.463. The lowest BCUT2D eigenvalue weighted by molar-refractivity contribution is -0.136. The zero-order valence-electron chi connectivity index (χ0n) is 11.2. The van der Waals surface area contributed by atoms with Crippen molar-refractivity contribution in [2.45, 2.75) is 18.6 Å². The van der Waals surface area contributed by atoms with Gasteiger partial charge in [0.2, 0.25) is 0 Å². The predicted octanol–water partition coefficient (Wildman–Crippen LogP) is 3.40. The molecular weight excluding hydrogens is 296 g/mol. The molecule has 0 saturated heterocycles. The normalized spacial score (nSPS) is 11.6. The lowest BCUT2D eigenvalue weighted by Gasteiger charge is -2.00. The number of carbonyl (C=O) groups excluding carboxylic acids is 1. The molecule has 106 valence electrons. The maximum atomic E-state index is 11.4. The van der Waals surface area contributed by atoms with E-state index in [-0.39, 0.29) is 5.97 Å².